The van der Waals surface area contributed by atoms with E-state index in [0.717, 1.165) is 12.3 Å². The Bertz CT molecular complexity index is 659. The second-order valence-corrected chi connectivity index (χ2v) is 7.05. The molecule has 9 heteroatoms. The predicted molar refractivity (Wildman–Crippen MR) is 78.3 cm³/mol. The van der Waals surface area contributed by atoms with Crippen LogP contribution in [0.25, 0.3) is 0 Å². The first-order chi connectivity index (χ1) is 9.43. The van der Waals surface area contributed by atoms with Crippen molar-refractivity contribution < 1.29 is 22.7 Å². The van der Waals surface area contributed by atoms with Crippen molar-refractivity contribution >= 4 is 27.4 Å². The molecule has 0 saturated heterocycles. The fourth-order valence-corrected chi connectivity index (χ4v) is 2.90. The number of rotatable bonds is 6. The Morgan fingerprint density at radius 2 is 2.00 bits per heavy atom. The number of carbonyl (C=O) groups is 1. The predicted octanol–water partition coefficient (Wildman–Crippen LogP) is 0.846. The van der Waals surface area contributed by atoms with Crippen LogP contribution in [0.2, 0.25) is 0 Å². The molecule has 118 valence electrons. The highest BCUT2D eigenvalue weighted by atomic mass is 32.2. The molecular weight excluding hydrogens is 301 g/mol. The Labute approximate surface area is 122 Å². The molecule has 0 saturated carbocycles. The van der Waals surface area contributed by atoms with Crippen molar-refractivity contribution in [1.29, 1.82) is 0 Å². The Balaban J connectivity index is 3.00. The highest BCUT2D eigenvalue weighted by Gasteiger charge is 2.24. The molecule has 0 radical (unpaired) electrons. The zero-order valence-electron chi connectivity index (χ0n) is 11.9. The summed E-state index contributed by atoms with van der Waals surface area (Å²) in [5.74, 6) is -2.20. The maximum absolute atomic E-state index is 13.3. The number of nitrogen functional groups attached to an aromatic ring is 1. The number of aromatic carboxylic acids is 1. The van der Waals surface area contributed by atoms with Crippen LogP contribution in [0.15, 0.2) is 12.1 Å². The summed E-state index contributed by atoms with van der Waals surface area (Å²) in [6.07, 6.45) is 1.02. The van der Waals surface area contributed by atoms with E-state index in [-0.39, 0.29) is 17.8 Å². The molecule has 0 aliphatic heterocycles. The fraction of sp³-hybridized carbons (Fsp3) is 0.417. The monoisotopic (exact) mass is 319 g/mol. The molecule has 7 nitrogen and oxygen atoms in total. The van der Waals surface area contributed by atoms with Crippen LogP contribution >= 0.6 is 0 Å². The molecule has 0 atom stereocenters. The lowest BCUT2D eigenvalue weighted by atomic mass is 10.1. The normalized spacial score (nSPS) is 12.2. The summed E-state index contributed by atoms with van der Waals surface area (Å²) < 4.78 is 38.2. The number of hydrogen-bond acceptors (Lipinski definition) is 5. The van der Waals surface area contributed by atoms with E-state index in [1.807, 2.05) is 0 Å². The highest BCUT2D eigenvalue weighted by molar-refractivity contribution is 7.88. The number of benzene rings is 1. The van der Waals surface area contributed by atoms with Crippen molar-refractivity contribution in [3.8, 4) is 0 Å². The summed E-state index contributed by atoms with van der Waals surface area (Å²) in [5, 5.41) is 11.9. The van der Waals surface area contributed by atoms with Crippen molar-refractivity contribution in [3.05, 3.63) is 23.5 Å². The Morgan fingerprint density at radius 3 is 2.48 bits per heavy atom. The molecule has 1 aromatic rings. The van der Waals surface area contributed by atoms with Gasteiger partial charge in [0.2, 0.25) is 10.0 Å². The maximum Gasteiger partial charge on any atom is 0.340 e. The number of halogens is 1. The maximum atomic E-state index is 13.3. The molecule has 0 aliphatic rings. The third-order valence-electron chi connectivity index (χ3n) is 2.59. The summed E-state index contributed by atoms with van der Waals surface area (Å²) in [5.41, 5.74) is 3.81. The average molecular weight is 319 g/mol. The fourth-order valence-electron chi connectivity index (χ4n) is 1.83. The minimum atomic E-state index is -3.42. The van der Waals surface area contributed by atoms with Gasteiger partial charge in [0.25, 0.3) is 0 Å². The molecule has 0 amide bonds. The van der Waals surface area contributed by atoms with Gasteiger partial charge in [0.1, 0.15) is 11.4 Å². The lowest BCUT2D eigenvalue weighted by Gasteiger charge is -2.26. The Hall–Kier alpha value is -1.87. The minimum absolute atomic E-state index is 0.0887. The van der Waals surface area contributed by atoms with Crippen molar-refractivity contribution in [2.45, 2.75) is 19.4 Å². The summed E-state index contributed by atoms with van der Waals surface area (Å²) in [4.78, 5) is 11.1. The molecule has 0 heterocycles. The SMILES string of the molecule is CC(C)(CNc1ccc(F)c(N)c1C(=O)O)NS(C)(=O)=O. The van der Waals surface area contributed by atoms with Gasteiger partial charge < -0.3 is 16.2 Å². The first-order valence-electron chi connectivity index (χ1n) is 5.97. The van der Waals surface area contributed by atoms with Crippen LogP contribution in [0.1, 0.15) is 24.2 Å². The standard InChI is InChI=1S/C12H18FN3O4S/c1-12(2,16-21(3,19)20)6-15-8-5-4-7(13)10(14)9(8)11(17)18/h4-5,15-16H,6,14H2,1-3H3,(H,17,18). The number of hydrogen-bond donors (Lipinski definition) is 4. The first kappa shape index (κ1) is 17.2. The van der Waals surface area contributed by atoms with Crippen LogP contribution in [0, 0.1) is 5.82 Å². The van der Waals surface area contributed by atoms with Crippen LogP contribution in [-0.4, -0.2) is 37.8 Å². The van der Waals surface area contributed by atoms with Gasteiger partial charge in [-0.1, -0.05) is 0 Å². The van der Waals surface area contributed by atoms with Crippen molar-refractivity contribution in [1.82, 2.24) is 4.72 Å². The molecule has 0 bridgehead atoms. The van der Waals surface area contributed by atoms with Gasteiger partial charge in [-0.2, -0.15) is 0 Å². The van der Waals surface area contributed by atoms with E-state index < -0.39 is 33.0 Å². The van der Waals surface area contributed by atoms with Gasteiger partial charge >= 0.3 is 5.97 Å². The molecule has 5 N–H and O–H groups in total. The van der Waals surface area contributed by atoms with Gasteiger partial charge in [-0.15, -0.1) is 0 Å². The largest absolute Gasteiger partial charge is 0.478 e. The van der Waals surface area contributed by atoms with Gasteiger partial charge in [-0.3, -0.25) is 0 Å². The quantitative estimate of drug-likeness (QED) is 0.577. The van der Waals surface area contributed by atoms with E-state index in [2.05, 4.69) is 10.0 Å². The zero-order chi connectivity index (χ0) is 16.4. The van der Waals surface area contributed by atoms with Crippen molar-refractivity contribution in [2.75, 3.05) is 23.9 Å². The van der Waals surface area contributed by atoms with E-state index in [9.17, 15) is 17.6 Å². The van der Waals surface area contributed by atoms with Crippen LogP contribution in [0.4, 0.5) is 15.8 Å². The third kappa shape index (κ3) is 4.87. The van der Waals surface area contributed by atoms with Gasteiger partial charge in [0.15, 0.2) is 0 Å². The molecular formula is C12H18FN3O4S. The Morgan fingerprint density at radius 1 is 1.43 bits per heavy atom. The second kappa shape index (κ2) is 5.86. The van der Waals surface area contributed by atoms with E-state index in [1.54, 1.807) is 13.8 Å². The summed E-state index contributed by atoms with van der Waals surface area (Å²) in [6, 6.07) is 2.28. The van der Waals surface area contributed by atoms with E-state index in [1.165, 1.54) is 6.07 Å². The number of anilines is 2. The average Bonchev–Trinajstić information content (AvgIpc) is 2.27. The zero-order valence-corrected chi connectivity index (χ0v) is 12.7. The summed E-state index contributed by atoms with van der Waals surface area (Å²) in [6.45, 7) is 3.33. The molecule has 0 unspecified atom stereocenters. The lowest BCUT2D eigenvalue weighted by molar-refractivity contribution is 0.0698. The van der Waals surface area contributed by atoms with Crippen molar-refractivity contribution in [3.63, 3.8) is 0 Å². The number of nitrogens with two attached hydrogens (primary N) is 1. The van der Waals surface area contributed by atoms with Crippen LogP contribution in [0.5, 0.6) is 0 Å². The van der Waals surface area contributed by atoms with Crippen molar-refractivity contribution in [2.24, 2.45) is 0 Å². The number of carboxylic acid groups (broad SMARTS) is 1. The molecule has 0 aliphatic carbocycles. The third-order valence-corrected chi connectivity index (χ3v) is 3.51. The van der Waals surface area contributed by atoms with Crippen LogP contribution in [0.3, 0.4) is 0 Å². The van der Waals surface area contributed by atoms with Gasteiger partial charge in [-0.25, -0.2) is 22.3 Å². The second-order valence-electron chi connectivity index (χ2n) is 5.30. The van der Waals surface area contributed by atoms with E-state index in [0.29, 0.717) is 0 Å². The Kier molecular flexibility index (Phi) is 4.79. The molecule has 1 rings (SSSR count). The summed E-state index contributed by atoms with van der Waals surface area (Å²) in [7, 11) is -3.42. The topological polar surface area (TPSA) is 122 Å². The lowest BCUT2D eigenvalue weighted by Crippen LogP contribution is -2.47. The van der Waals surface area contributed by atoms with E-state index in [4.69, 9.17) is 10.8 Å². The minimum Gasteiger partial charge on any atom is -0.478 e. The first-order valence-corrected chi connectivity index (χ1v) is 7.86. The molecule has 21 heavy (non-hydrogen) atoms. The molecule has 1 aromatic carbocycles. The van der Waals surface area contributed by atoms with Crippen LogP contribution in [-0.2, 0) is 10.0 Å². The van der Waals surface area contributed by atoms with Crippen LogP contribution < -0.4 is 15.8 Å². The summed E-state index contributed by atoms with van der Waals surface area (Å²) >= 11 is 0. The number of sulfonamides is 1. The molecule has 0 aromatic heterocycles. The van der Waals surface area contributed by atoms with Gasteiger partial charge in [0.05, 0.1) is 17.6 Å². The molecule has 0 spiro atoms. The van der Waals surface area contributed by atoms with Gasteiger partial charge in [-0.05, 0) is 26.0 Å². The number of carboxylic acids is 1. The molecule has 0 fully saturated rings. The van der Waals surface area contributed by atoms with E-state index >= 15 is 0 Å². The van der Waals surface area contributed by atoms with Gasteiger partial charge in [0, 0.05) is 12.1 Å². The highest BCUT2D eigenvalue weighted by Crippen LogP contribution is 2.25. The number of nitrogens with one attached hydrogen (secondary N) is 2. The smallest absolute Gasteiger partial charge is 0.340 e.